The highest BCUT2D eigenvalue weighted by molar-refractivity contribution is 9.10. The first-order chi connectivity index (χ1) is 11.7. The van der Waals surface area contributed by atoms with Gasteiger partial charge in [0.15, 0.2) is 0 Å². The monoisotopic (exact) mass is 428 g/mol. The maximum Gasteiger partial charge on any atom is 0.412 e. The molecule has 8 heteroatoms. The number of anilines is 3. The summed E-state index contributed by atoms with van der Waals surface area (Å²) in [6.07, 6.45) is 1.04. The van der Waals surface area contributed by atoms with Crippen molar-refractivity contribution in [3.05, 3.63) is 40.2 Å². The van der Waals surface area contributed by atoms with E-state index in [0.29, 0.717) is 16.0 Å². The molecule has 2 N–H and O–H groups in total. The number of nitrogens with zero attached hydrogens (tertiary/aromatic N) is 2. The first-order valence-electron chi connectivity index (χ1n) is 7.78. The molecule has 0 saturated heterocycles. The number of ether oxygens (including phenoxy) is 1. The van der Waals surface area contributed by atoms with Crippen molar-refractivity contribution in [1.29, 1.82) is 0 Å². The third kappa shape index (κ3) is 7.70. The number of halogens is 2. The van der Waals surface area contributed by atoms with Crippen molar-refractivity contribution in [1.82, 2.24) is 9.97 Å². The fourth-order valence-electron chi connectivity index (χ4n) is 1.67. The van der Waals surface area contributed by atoms with E-state index in [-0.39, 0.29) is 5.28 Å². The molecule has 0 unspecified atom stereocenters. The molecule has 2 rings (SSSR count). The first kappa shape index (κ1) is 21.2. The topological polar surface area (TPSA) is 76.1 Å². The number of nitrogens with one attached hydrogen (secondary N) is 2. The van der Waals surface area contributed by atoms with Crippen molar-refractivity contribution < 1.29 is 9.53 Å². The van der Waals surface area contributed by atoms with Gasteiger partial charge in [-0.1, -0.05) is 19.9 Å². The molecule has 0 spiro atoms. The van der Waals surface area contributed by atoms with Gasteiger partial charge in [0.25, 0.3) is 0 Å². The Morgan fingerprint density at radius 1 is 1.24 bits per heavy atom. The van der Waals surface area contributed by atoms with Crippen LogP contribution in [0.4, 0.5) is 22.0 Å². The van der Waals surface area contributed by atoms with Crippen LogP contribution in [-0.2, 0) is 4.74 Å². The SMILES string of the molecule is CC.CC(C)(C)OC(=O)Nc1cccc(Nc2nc(Cl)ncc2Br)c1. The van der Waals surface area contributed by atoms with E-state index in [0.717, 1.165) is 5.69 Å². The van der Waals surface area contributed by atoms with E-state index in [2.05, 4.69) is 36.5 Å². The number of benzene rings is 1. The van der Waals surface area contributed by atoms with Gasteiger partial charge in [0.05, 0.1) is 4.47 Å². The molecule has 6 nitrogen and oxygen atoms in total. The first-order valence-corrected chi connectivity index (χ1v) is 8.95. The summed E-state index contributed by atoms with van der Waals surface area (Å²) in [4.78, 5) is 19.8. The summed E-state index contributed by atoms with van der Waals surface area (Å²) in [6.45, 7) is 9.42. The zero-order valence-corrected chi connectivity index (χ0v) is 17.2. The summed E-state index contributed by atoms with van der Waals surface area (Å²) < 4.78 is 5.89. The minimum atomic E-state index is -0.553. The van der Waals surface area contributed by atoms with Crippen molar-refractivity contribution in [2.45, 2.75) is 40.2 Å². The van der Waals surface area contributed by atoms with Crippen LogP contribution in [0.1, 0.15) is 34.6 Å². The Morgan fingerprint density at radius 3 is 2.52 bits per heavy atom. The third-order valence-electron chi connectivity index (χ3n) is 2.49. The van der Waals surface area contributed by atoms with Crippen LogP contribution in [0.2, 0.25) is 5.28 Å². The van der Waals surface area contributed by atoms with E-state index in [1.165, 1.54) is 0 Å². The molecule has 0 bridgehead atoms. The Labute approximate surface area is 161 Å². The molecule has 0 radical (unpaired) electrons. The summed E-state index contributed by atoms with van der Waals surface area (Å²) in [5.74, 6) is 0.527. The Hall–Kier alpha value is -1.86. The average molecular weight is 430 g/mol. The fraction of sp³-hybridized carbons (Fsp3) is 0.353. The minimum absolute atomic E-state index is 0.138. The third-order valence-corrected chi connectivity index (χ3v) is 3.25. The Balaban J connectivity index is 0.00000151. The summed E-state index contributed by atoms with van der Waals surface area (Å²) >= 11 is 9.13. The van der Waals surface area contributed by atoms with Crippen molar-refractivity contribution >= 4 is 50.8 Å². The van der Waals surface area contributed by atoms with E-state index >= 15 is 0 Å². The van der Waals surface area contributed by atoms with Gasteiger partial charge in [0, 0.05) is 17.6 Å². The standard InChI is InChI=1S/C15H16BrClN4O2.C2H6/c1-15(2,3)23-14(22)20-10-6-4-5-9(7-10)19-12-11(16)8-18-13(17)21-12;1-2/h4-8H,1-3H3,(H,20,22)(H,18,19,21);1-2H3. The van der Waals surface area contributed by atoms with Crippen molar-refractivity contribution in [3.63, 3.8) is 0 Å². The van der Waals surface area contributed by atoms with E-state index in [9.17, 15) is 4.79 Å². The van der Waals surface area contributed by atoms with E-state index in [4.69, 9.17) is 16.3 Å². The van der Waals surface area contributed by atoms with Crippen LogP contribution in [0.25, 0.3) is 0 Å². The lowest BCUT2D eigenvalue weighted by Gasteiger charge is -2.19. The van der Waals surface area contributed by atoms with Gasteiger partial charge in [0.1, 0.15) is 11.4 Å². The van der Waals surface area contributed by atoms with Gasteiger partial charge in [-0.05, 0) is 66.5 Å². The van der Waals surface area contributed by atoms with Crippen molar-refractivity contribution in [2.75, 3.05) is 10.6 Å². The van der Waals surface area contributed by atoms with Gasteiger partial charge in [0.2, 0.25) is 5.28 Å². The fourth-order valence-corrected chi connectivity index (χ4v) is 2.09. The molecule has 0 aliphatic rings. The predicted octanol–water partition coefficient (Wildman–Crippen LogP) is 6.01. The summed E-state index contributed by atoms with van der Waals surface area (Å²) in [5, 5.41) is 5.92. The predicted molar refractivity (Wildman–Crippen MR) is 106 cm³/mol. The largest absolute Gasteiger partial charge is 0.444 e. The van der Waals surface area contributed by atoms with Crippen molar-refractivity contribution in [2.24, 2.45) is 0 Å². The number of rotatable bonds is 3. The van der Waals surface area contributed by atoms with Crippen LogP contribution in [0.5, 0.6) is 0 Å². The molecular weight excluding hydrogens is 408 g/mol. The normalized spacial score (nSPS) is 10.4. The molecular formula is C17H22BrClN4O2. The summed E-state index contributed by atoms with van der Waals surface area (Å²) in [6, 6.07) is 7.15. The van der Waals surface area contributed by atoms with Crippen LogP contribution in [0.3, 0.4) is 0 Å². The highest BCUT2D eigenvalue weighted by Crippen LogP contribution is 2.25. The summed E-state index contributed by atoms with van der Waals surface area (Å²) in [7, 11) is 0. The van der Waals surface area contributed by atoms with E-state index in [1.807, 2.05) is 19.9 Å². The van der Waals surface area contributed by atoms with E-state index < -0.39 is 11.7 Å². The minimum Gasteiger partial charge on any atom is -0.444 e. The lowest BCUT2D eigenvalue weighted by molar-refractivity contribution is 0.0636. The molecule has 1 aromatic carbocycles. The number of hydrogen-bond acceptors (Lipinski definition) is 5. The molecule has 0 fully saturated rings. The smallest absolute Gasteiger partial charge is 0.412 e. The molecule has 1 amide bonds. The van der Waals surface area contributed by atoms with Gasteiger partial charge in [-0.2, -0.15) is 4.98 Å². The number of amides is 1. The lowest BCUT2D eigenvalue weighted by Crippen LogP contribution is -2.27. The Kier molecular flexibility index (Phi) is 8.12. The highest BCUT2D eigenvalue weighted by atomic mass is 79.9. The Bertz CT molecular complexity index is 720. The van der Waals surface area contributed by atoms with Gasteiger partial charge in [-0.15, -0.1) is 0 Å². The lowest BCUT2D eigenvalue weighted by atomic mass is 10.2. The molecule has 0 aliphatic carbocycles. The molecule has 0 saturated carbocycles. The second-order valence-electron chi connectivity index (χ2n) is 5.67. The number of hydrogen-bond donors (Lipinski definition) is 2. The maximum atomic E-state index is 11.8. The number of carbonyl (C=O) groups is 1. The van der Waals surface area contributed by atoms with Gasteiger partial charge < -0.3 is 10.1 Å². The van der Waals surface area contributed by atoms with E-state index in [1.54, 1.807) is 45.2 Å². The molecule has 25 heavy (non-hydrogen) atoms. The quantitative estimate of drug-likeness (QED) is 0.584. The number of aromatic nitrogens is 2. The molecule has 1 aromatic heterocycles. The van der Waals surface area contributed by atoms with Crippen LogP contribution < -0.4 is 10.6 Å². The van der Waals surface area contributed by atoms with Crippen molar-refractivity contribution in [3.8, 4) is 0 Å². The van der Waals surface area contributed by atoms with Gasteiger partial charge >= 0.3 is 6.09 Å². The average Bonchev–Trinajstić information content (AvgIpc) is 2.51. The zero-order valence-electron chi connectivity index (χ0n) is 14.9. The molecule has 136 valence electrons. The van der Waals surface area contributed by atoms with Crippen LogP contribution in [0, 0.1) is 0 Å². The Morgan fingerprint density at radius 2 is 1.88 bits per heavy atom. The van der Waals surface area contributed by atoms with Gasteiger partial charge in [-0.25, -0.2) is 9.78 Å². The molecule has 2 aromatic rings. The van der Waals surface area contributed by atoms with Crippen LogP contribution >= 0.6 is 27.5 Å². The second kappa shape index (κ2) is 9.58. The second-order valence-corrected chi connectivity index (χ2v) is 6.86. The van der Waals surface area contributed by atoms with Crippen LogP contribution in [0.15, 0.2) is 34.9 Å². The molecule has 0 aliphatic heterocycles. The molecule has 0 atom stereocenters. The molecule has 1 heterocycles. The maximum absolute atomic E-state index is 11.8. The number of carbonyl (C=O) groups excluding carboxylic acids is 1. The zero-order chi connectivity index (χ0) is 19.0. The van der Waals surface area contributed by atoms with Gasteiger partial charge in [-0.3, -0.25) is 5.32 Å². The summed E-state index contributed by atoms with van der Waals surface area (Å²) in [5.41, 5.74) is 0.775. The highest BCUT2D eigenvalue weighted by Gasteiger charge is 2.16. The van der Waals surface area contributed by atoms with Crippen LogP contribution in [-0.4, -0.2) is 21.7 Å².